The van der Waals surface area contributed by atoms with Crippen LogP contribution in [0.15, 0.2) is 109 Å². The van der Waals surface area contributed by atoms with Crippen molar-refractivity contribution in [1.29, 1.82) is 0 Å². The minimum Gasteiger partial charge on any atom is -0.318 e. The van der Waals surface area contributed by atoms with Crippen LogP contribution in [-0.2, 0) is 38.3 Å². The topological polar surface area (TPSA) is 17.6 Å². The lowest BCUT2D eigenvalue weighted by Crippen LogP contribution is -2.40. The van der Waals surface area contributed by atoms with Crippen molar-refractivity contribution in [2.45, 2.75) is 78.8 Å². The number of aryl methyl sites for hydroxylation is 4. The third-order valence-electron chi connectivity index (χ3n) is 12.5. The standard InChI is InChI=1S/C52H46F6N4/c1-33-29-39(35(3)61(33)45-17-5-13-41(31-45)51(53,54)55)23-25-43-15-7-19-47-49-37(11-9-27-59(43)47)21-22-38-12-10-28-60-44(16-8-20-48(60)50(38)49)26-24-40-30-34(2)62(36(40)4)46-18-6-14-42(32-46)52(56,57)58/h5-8,13-26,29-32H,9-12,27-28H2,1-4H3/q+2. The number of hydrogen-bond donors (Lipinski definition) is 0. The van der Waals surface area contributed by atoms with Crippen LogP contribution in [-0.4, -0.2) is 9.13 Å². The Kier molecular flexibility index (Phi) is 10.4. The van der Waals surface area contributed by atoms with Gasteiger partial charge in [0.2, 0.25) is 22.8 Å². The molecule has 6 heterocycles. The molecule has 0 N–H and O–H groups in total. The Labute approximate surface area is 357 Å². The van der Waals surface area contributed by atoms with Crippen LogP contribution in [0.3, 0.4) is 0 Å². The van der Waals surface area contributed by atoms with Gasteiger partial charge in [0.05, 0.1) is 22.3 Å². The van der Waals surface area contributed by atoms with E-state index in [0.29, 0.717) is 11.4 Å². The van der Waals surface area contributed by atoms with E-state index in [1.165, 1.54) is 46.5 Å². The van der Waals surface area contributed by atoms with Crippen LogP contribution in [0.4, 0.5) is 26.3 Å². The van der Waals surface area contributed by atoms with Crippen molar-refractivity contribution >= 4 is 24.3 Å². The third kappa shape index (κ3) is 7.50. The monoisotopic (exact) mass is 840 g/mol. The first-order valence-electron chi connectivity index (χ1n) is 21.0. The third-order valence-corrected chi connectivity index (χ3v) is 12.5. The summed E-state index contributed by atoms with van der Waals surface area (Å²) in [6.45, 7) is 9.35. The minimum absolute atomic E-state index is 0.477. The molecule has 7 aromatic rings. The number of halogens is 6. The van der Waals surface area contributed by atoms with Gasteiger partial charge in [-0.05, 0) is 136 Å². The van der Waals surface area contributed by atoms with E-state index >= 15 is 0 Å². The number of benzene rings is 3. The molecule has 0 amide bonds. The average Bonchev–Trinajstić information content (AvgIpc) is 3.49. The highest BCUT2D eigenvalue weighted by atomic mass is 19.4. The number of rotatable bonds is 6. The Balaban J connectivity index is 1.08. The average molecular weight is 841 g/mol. The molecule has 2 aliphatic heterocycles. The SMILES string of the molecule is Cc1cc(/C=C/c2cccc3[n+]2CCCc2ccc4c(c2-3)-c2cccc(/C=C/c3cc(C)n(-c5cccc(C(F)(F)F)c5)c3C)[n+]2CCC4)c(C)n1-c1cccc(C(F)(F)F)c1. The number of fused-ring (bicyclic) bond motifs is 7. The van der Waals surface area contributed by atoms with Crippen LogP contribution in [0, 0.1) is 27.7 Å². The smallest absolute Gasteiger partial charge is 0.318 e. The van der Waals surface area contributed by atoms with Crippen LogP contribution < -0.4 is 9.13 Å². The summed E-state index contributed by atoms with van der Waals surface area (Å²) in [6, 6.07) is 32.4. The van der Waals surface area contributed by atoms with Gasteiger partial charge in [-0.1, -0.05) is 24.3 Å². The van der Waals surface area contributed by atoms with Crippen molar-refractivity contribution in [3.8, 4) is 33.9 Å². The van der Waals surface area contributed by atoms with Gasteiger partial charge in [-0.25, -0.2) is 0 Å². The van der Waals surface area contributed by atoms with E-state index in [2.05, 4.69) is 82.0 Å². The normalized spacial score (nSPS) is 14.1. The highest BCUT2D eigenvalue weighted by Gasteiger charge is 2.34. The summed E-state index contributed by atoms with van der Waals surface area (Å²) in [4.78, 5) is 0. The second-order valence-electron chi connectivity index (χ2n) is 16.4. The Bertz CT molecular complexity index is 2740. The summed E-state index contributed by atoms with van der Waals surface area (Å²) < 4.78 is 90.2. The van der Waals surface area contributed by atoms with Crippen molar-refractivity contribution in [2.24, 2.45) is 0 Å². The summed E-state index contributed by atoms with van der Waals surface area (Å²) in [6.07, 6.45) is 3.26. The first kappa shape index (κ1) is 41.0. The molecule has 0 radical (unpaired) electrons. The van der Waals surface area contributed by atoms with Gasteiger partial charge >= 0.3 is 12.4 Å². The van der Waals surface area contributed by atoms with E-state index in [9.17, 15) is 26.3 Å². The van der Waals surface area contributed by atoms with E-state index in [4.69, 9.17) is 0 Å². The Morgan fingerprint density at radius 3 is 1.29 bits per heavy atom. The zero-order valence-corrected chi connectivity index (χ0v) is 35.0. The van der Waals surface area contributed by atoms with Gasteiger partial charge in [0.25, 0.3) is 0 Å². The number of alkyl halides is 6. The zero-order chi connectivity index (χ0) is 43.5. The largest absolute Gasteiger partial charge is 0.416 e. The molecule has 0 saturated heterocycles. The fourth-order valence-electron chi connectivity index (χ4n) is 9.59. The van der Waals surface area contributed by atoms with E-state index in [1.807, 2.05) is 49.0 Å². The molecular formula is C52H46F6N4+2. The van der Waals surface area contributed by atoms with E-state index < -0.39 is 23.5 Å². The Morgan fingerprint density at radius 2 is 0.887 bits per heavy atom. The molecule has 0 bridgehead atoms. The molecule has 10 heteroatoms. The predicted octanol–water partition coefficient (Wildman–Crippen LogP) is 12.7. The molecular weight excluding hydrogens is 795 g/mol. The summed E-state index contributed by atoms with van der Waals surface area (Å²) in [5.74, 6) is 0. The molecule has 314 valence electrons. The molecule has 0 aliphatic carbocycles. The van der Waals surface area contributed by atoms with Crippen LogP contribution in [0.1, 0.15) is 80.4 Å². The molecule has 62 heavy (non-hydrogen) atoms. The molecule has 0 spiro atoms. The molecule has 4 aromatic heterocycles. The van der Waals surface area contributed by atoms with Crippen LogP contribution in [0.25, 0.3) is 58.2 Å². The fraction of sp³-hybridized carbons (Fsp3) is 0.231. The van der Waals surface area contributed by atoms with Crippen molar-refractivity contribution in [3.05, 3.63) is 177 Å². The van der Waals surface area contributed by atoms with Crippen molar-refractivity contribution in [1.82, 2.24) is 9.13 Å². The van der Waals surface area contributed by atoms with Gasteiger partial charge in [0.1, 0.15) is 13.1 Å². The lowest BCUT2D eigenvalue weighted by atomic mass is 9.88. The van der Waals surface area contributed by atoms with Crippen molar-refractivity contribution < 1.29 is 35.5 Å². The maximum absolute atomic E-state index is 13.6. The summed E-state index contributed by atoms with van der Waals surface area (Å²) in [5, 5.41) is 0. The second-order valence-corrected chi connectivity index (χ2v) is 16.4. The van der Waals surface area contributed by atoms with Gasteiger partial charge in [0.15, 0.2) is 0 Å². The predicted molar refractivity (Wildman–Crippen MR) is 233 cm³/mol. The quantitative estimate of drug-likeness (QED) is 0.117. The molecule has 0 atom stereocenters. The minimum atomic E-state index is -4.43. The molecule has 3 aromatic carbocycles. The zero-order valence-electron chi connectivity index (χ0n) is 35.0. The number of aromatic nitrogens is 4. The van der Waals surface area contributed by atoms with Crippen molar-refractivity contribution in [3.63, 3.8) is 0 Å². The molecule has 0 saturated carbocycles. The van der Waals surface area contributed by atoms with Crippen LogP contribution in [0.5, 0.6) is 0 Å². The number of nitrogens with zero attached hydrogens (tertiary/aromatic N) is 4. The highest BCUT2D eigenvalue weighted by molar-refractivity contribution is 5.84. The maximum Gasteiger partial charge on any atom is 0.416 e. The number of hydrogen-bond acceptors (Lipinski definition) is 0. The van der Waals surface area contributed by atoms with E-state index in [0.717, 1.165) is 108 Å². The van der Waals surface area contributed by atoms with Gasteiger partial charge in [-0.2, -0.15) is 35.5 Å². The van der Waals surface area contributed by atoms with Gasteiger partial charge in [0, 0.05) is 83.4 Å². The van der Waals surface area contributed by atoms with Crippen LogP contribution in [0.2, 0.25) is 0 Å². The van der Waals surface area contributed by atoms with Gasteiger partial charge in [-0.15, -0.1) is 0 Å². The first-order chi connectivity index (χ1) is 29.7. The Hall–Kier alpha value is -6.42. The molecule has 0 unspecified atom stereocenters. The van der Waals surface area contributed by atoms with Gasteiger partial charge in [-0.3, -0.25) is 0 Å². The maximum atomic E-state index is 13.6. The molecule has 9 rings (SSSR count). The highest BCUT2D eigenvalue weighted by Crippen LogP contribution is 2.40. The van der Waals surface area contributed by atoms with Crippen LogP contribution >= 0.6 is 0 Å². The van der Waals surface area contributed by atoms with Gasteiger partial charge < -0.3 is 9.13 Å². The fourth-order valence-corrected chi connectivity index (χ4v) is 9.59. The summed E-state index contributed by atoms with van der Waals surface area (Å²) >= 11 is 0. The first-order valence-corrected chi connectivity index (χ1v) is 21.0. The molecule has 2 aliphatic rings. The summed E-state index contributed by atoms with van der Waals surface area (Å²) in [5.41, 5.74) is 14.3. The lowest BCUT2D eigenvalue weighted by Gasteiger charge is -2.14. The number of pyridine rings is 2. The molecule has 0 fully saturated rings. The Morgan fingerprint density at radius 1 is 0.484 bits per heavy atom. The second kappa shape index (κ2) is 15.8. The molecule has 4 nitrogen and oxygen atoms in total. The van der Waals surface area contributed by atoms with Crippen molar-refractivity contribution in [2.75, 3.05) is 0 Å². The van der Waals surface area contributed by atoms with E-state index in [1.54, 1.807) is 12.1 Å². The summed E-state index contributed by atoms with van der Waals surface area (Å²) in [7, 11) is 0. The van der Waals surface area contributed by atoms with E-state index in [-0.39, 0.29) is 0 Å². The lowest BCUT2D eigenvalue weighted by molar-refractivity contribution is -0.689.